The van der Waals surface area contributed by atoms with Gasteiger partial charge in [-0.3, -0.25) is 4.79 Å². The molecule has 4 atom stereocenters. The molecule has 2 nitrogen and oxygen atoms in total. The van der Waals surface area contributed by atoms with E-state index < -0.39 is 0 Å². The zero-order valence-corrected chi connectivity index (χ0v) is 12.3. The molecule has 108 valence electrons. The average Bonchev–Trinajstić information content (AvgIpc) is 2.41. The van der Waals surface area contributed by atoms with Gasteiger partial charge in [0.25, 0.3) is 0 Å². The molecule has 3 saturated carbocycles. The van der Waals surface area contributed by atoms with Crippen molar-refractivity contribution in [2.24, 2.45) is 28.4 Å². The predicted molar refractivity (Wildman–Crippen MR) is 76.8 cm³/mol. The highest BCUT2D eigenvalue weighted by Gasteiger charge is 2.69. The highest BCUT2D eigenvalue weighted by molar-refractivity contribution is 6.02. The van der Waals surface area contributed by atoms with Gasteiger partial charge in [-0.05, 0) is 54.4 Å². The predicted octanol–water partition coefficient (Wildman–Crippen LogP) is 3.41. The van der Waals surface area contributed by atoms with Gasteiger partial charge >= 0.3 is 0 Å². The van der Waals surface area contributed by atoms with E-state index in [1.165, 1.54) is 12.1 Å². The first-order chi connectivity index (χ1) is 9.30. The Hall–Kier alpha value is -1.22. The molecule has 3 heteroatoms. The molecule has 3 aliphatic carbocycles. The molecular weight excluding hydrogens is 253 g/mol. The molecule has 0 aromatic heterocycles. The van der Waals surface area contributed by atoms with E-state index in [4.69, 9.17) is 5.73 Å². The van der Waals surface area contributed by atoms with Crippen molar-refractivity contribution in [2.75, 3.05) is 0 Å². The summed E-state index contributed by atoms with van der Waals surface area (Å²) < 4.78 is 13.1. The Balaban J connectivity index is 2.02. The molecule has 3 aliphatic rings. The Morgan fingerprint density at radius 1 is 1.30 bits per heavy atom. The van der Waals surface area contributed by atoms with Crippen LogP contribution >= 0.6 is 0 Å². The molecule has 4 rings (SSSR count). The molecule has 20 heavy (non-hydrogen) atoms. The van der Waals surface area contributed by atoms with Crippen LogP contribution in [0.1, 0.15) is 44.0 Å². The molecule has 3 fully saturated rings. The maximum absolute atomic E-state index is 13.1. The van der Waals surface area contributed by atoms with Crippen LogP contribution in [0, 0.1) is 28.5 Å². The van der Waals surface area contributed by atoms with Crippen LogP contribution in [0.15, 0.2) is 24.3 Å². The van der Waals surface area contributed by atoms with Crippen LogP contribution in [0.3, 0.4) is 0 Å². The first kappa shape index (κ1) is 13.7. The number of fused-ring (bicyclic) bond motifs is 2. The van der Waals surface area contributed by atoms with E-state index in [1.807, 2.05) is 0 Å². The van der Waals surface area contributed by atoms with Crippen LogP contribution in [0.4, 0.5) is 4.39 Å². The summed E-state index contributed by atoms with van der Waals surface area (Å²) in [5.74, 6) is 0.526. The second-order valence-electron chi connectivity index (χ2n) is 7.12. The van der Waals surface area contributed by atoms with Gasteiger partial charge in [-0.25, -0.2) is 4.39 Å². The molecular formula is C17H22FNO. The van der Waals surface area contributed by atoms with E-state index in [-0.39, 0.29) is 34.4 Å². The molecule has 0 heterocycles. The lowest BCUT2D eigenvalue weighted by atomic mass is 9.34. The summed E-state index contributed by atoms with van der Waals surface area (Å²) >= 11 is 0. The fraction of sp³-hybridized carbons (Fsp3) is 0.588. The van der Waals surface area contributed by atoms with Gasteiger partial charge in [0.1, 0.15) is 5.82 Å². The minimum Gasteiger partial charge on any atom is -0.327 e. The van der Waals surface area contributed by atoms with Crippen LogP contribution in [0.25, 0.3) is 0 Å². The number of halogens is 1. The third-order valence-electron chi connectivity index (χ3n) is 6.23. The SMILES string of the molecule is C[C@H]1[C@H](N)C[C@@H]2C[C@]1(C(=O)c1ccc(F)cc1)C2(C)C. The molecule has 0 saturated heterocycles. The molecule has 1 aromatic carbocycles. The van der Waals surface area contributed by atoms with Gasteiger partial charge in [0, 0.05) is 17.0 Å². The number of hydrogen-bond donors (Lipinski definition) is 1. The van der Waals surface area contributed by atoms with Crippen molar-refractivity contribution in [1.29, 1.82) is 0 Å². The van der Waals surface area contributed by atoms with Crippen molar-refractivity contribution in [2.45, 2.75) is 39.7 Å². The van der Waals surface area contributed by atoms with Crippen molar-refractivity contribution in [3.63, 3.8) is 0 Å². The summed E-state index contributed by atoms with van der Waals surface area (Å²) in [6.07, 6.45) is 1.93. The third-order valence-corrected chi connectivity index (χ3v) is 6.23. The lowest BCUT2D eigenvalue weighted by Crippen LogP contribution is -2.70. The number of Topliss-reactive ketones (excluding diaryl/α,β-unsaturated/α-hetero) is 1. The molecule has 0 unspecified atom stereocenters. The first-order valence-electron chi connectivity index (χ1n) is 7.36. The molecule has 1 aromatic rings. The van der Waals surface area contributed by atoms with Crippen LogP contribution in [-0.4, -0.2) is 11.8 Å². The van der Waals surface area contributed by atoms with Gasteiger partial charge < -0.3 is 5.73 Å². The van der Waals surface area contributed by atoms with Gasteiger partial charge in [0.05, 0.1) is 0 Å². The molecule has 0 aliphatic heterocycles. The number of nitrogens with two attached hydrogens (primary N) is 1. The second kappa shape index (κ2) is 4.14. The zero-order chi connectivity index (χ0) is 14.7. The molecule has 0 spiro atoms. The number of carbonyl (C=O) groups is 1. The van der Waals surface area contributed by atoms with E-state index in [0.717, 1.165) is 12.8 Å². The maximum Gasteiger partial charge on any atom is 0.169 e. The Morgan fingerprint density at radius 3 is 2.45 bits per heavy atom. The Kier molecular flexibility index (Phi) is 2.85. The van der Waals surface area contributed by atoms with Crippen molar-refractivity contribution in [1.82, 2.24) is 0 Å². The lowest BCUT2D eigenvalue weighted by Gasteiger charge is -2.69. The number of benzene rings is 1. The third kappa shape index (κ3) is 1.50. The lowest BCUT2D eigenvalue weighted by molar-refractivity contribution is -0.167. The standard InChI is InChI=1S/C17H22FNO/c1-10-14(19)8-12-9-17(10,16(12,2)3)15(20)11-4-6-13(18)7-5-11/h4-7,10,12,14H,8-9,19H2,1-3H3/t10-,12+,14+,17-/m0/s1. The summed E-state index contributed by atoms with van der Waals surface area (Å²) in [4.78, 5) is 13.1. The smallest absolute Gasteiger partial charge is 0.169 e. The zero-order valence-electron chi connectivity index (χ0n) is 12.3. The minimum atomic E-state index is -0.382. The first-order valence-corrected chi connectivity index (χ1v) is 7.36. The number of ketones is 1. The van der Waals surface area contributed by atoms with E-state index in [1.54, 1.807) is 12.1 Å². The Morgan fingerprint density at radius 2 is 1.90 bits per heavy atom. The quantitative estimate of drug-likeness (QED) is 0.841. The van der Waals surface area contributed by atoms with Crippen molar-refractivity contribution in [3.8, 4) is 0 Å². The summed E-state index contributed by atoms with van der Waals surface area (Å²) in [5.41, 5.74) is 6.44. The number of hydrogen-bond acceptors (Lipinski definition) is 2. The van der Waals surface area contributed by atoms with Crippen molar-refractivity contribution >= 4 is 5.78 Å². The largest absolute Gasteiger partial charge is 0.327 e. The number of rotatable bonds is 2. The van der Waals surface area contributed by atoms with Crippen molar-refractivity contribution < 1.29 is 9.18 Å². The normalized spacial score (nSPS) is 38.1. The second-order valence-corrected chi connectivity index (χ2v) is 7.12. The van der Waals surface area contributed by atoms with E-state index in [0.29, 0.717) is 11.5 Å². The Labute approximate surface area is 119 Å². The van der Waals surface area contributed by atoms with Crippen molar-refractivity contribution in [3.05, 3.63) is 35.6 Å². The summed E-state index contributed by atoms with van der Waals surface area (Å²) in [5, 5.41) is 0. The van der Waals surface area contributed by atoms with E-state index >= 15 is 0 Å². The van der Waals surface area contributed by atoms with Gasteiger partial charge in [0.2, 0.25) is 0 Å². The summed E-state index contributed by atoms with van der Waals surface area (Å²) in [6, 6.07) is 6.01. The van der Waals surface area contributed by atoms with Crippen LogP contribution in [-0.2, 0) is 0 Å². The van der Waals surface area contributed by atoms with Crippen LogP contribution in [0.2, 0.25) is 0 Å². The van der Waals surface area contributed by atoms with Crippen LogP contribution in [0.5, 0.6) is 0 Å². The highest BCUT2D eigenvalue weighted by atomic mass is 19.1. The van der Waals surface area contributed by atoms with E-state index in [9.17, 15) is 9.18 Å². The number of carbonyl (C=O) groups excluding carboxylic acids is 1. The molecule has 2 N–H and O–H groups in total. The molecule has 2 bridgehead atoms. The summed E-state index contributed by atoms with van der Waals surface area (Å²) in [6.45, 7) is 6.47. The minimum absolute atomic E-state index is 0.0201. The topological polar surface area (TPSA) is 43.1 Å². The molecule has 0 radical (unpaired) electrons. The molecule has 0 amide bonds. The highest BCUT2D eigenvalue weighted by Crippen LogP contribution is 2.70. The van der Waals surface area contributed by atoms with E-state index in [2.05, 4.69) is 20.8 Å². The monoisotopic (exact) mass is 275 g/mol. The fourth-order valence-corrected chi connectivity index (χ4v) is 4.64. The maximum atomic E-state index is 13.1. The van der Waals surface area contributed by atoms with Gasteiger partial charge in [-0.2, -0.15) is 0 Å². The Bertz CT molecular complexity index is 551. The summed E-state index contributed by atoms with van der Waals surface area (Å²) in [7, 11) is 0. The van der Waals surface area contributed by atoms with Gasteiger partial charge in [-0.1, -0.05) is 20.8 Å². The van der Waals surface area contributed by atoms with Gasteiger partial charge in [0.15, 0.2) is 5.78 Å². The van der Waals surface area contributed by atoms with Gasteiger partial charge in [-0.15, -0.1) is 0 Å². The fourth-order valence-electron chi connectivity index (χ4n) is 4.64. The van der Waals surface area contributed by atoms with Crippen LogP contribution < -0.4 is 5.73 Å². The average molecular weight is 275 g/mol.